The Hall–Kier alpha value is -2.03. The molecule has 0 amide bonds. The van der Waals surface area contributed by atoms with E-state index >= 15 is 0 Å². The van der Waals surface area contributed by atoms with E-state index < -0.39 is 0 Å². The summed E-state index contributed by atoms with van der Waals surface area (Å²) in [6.07, 6.45) is 0.863. The van der Waals surface area contributed by atoms with Gasteiger partial charge in [-0.25, -0.2) is 4.98 Å². The van der Waals surface area contributed by atoms with E-state index in [1.54, 1.807) is 0 Å². The third kappa shape index (κ3) is 5.40. The molecule has 0 aliphatic rings. The Bertz CT molecular complexity index is 598. The van der Waals surface area contributed by atoms with E-state index in [-0.39, 0.29) is 11.1 Å². The molecule has 1 aromatic heterocycles. The highest BCUT2D eigenvalue weighted by atomic mass is 15.0. The van der Waals surface area contributed by atoms with Crippen molar-refractivity contribution in [2.24, 2.45) is 0 Å². The number of anilines is 2. The lowest BCUT2D eigenvalue weighted by Crippen LogP contribution is -2.34. The van der Waals surface area contributed by atoms with Gasteiger partial charge in [-0.2, -0.15) is 0 Å². The summed E-state index contributed by atoms with van der Waals surface area (Å²) in [6, 6.07) is 16.5. The summed E-state index contributed by atoms with van der Waals surface area (Å²) in [5, 5.41) is 7.00. The second-order valence-electron chi connectivity index (χ2n) is 7.44. The fourth-order valence-electron chi connectivity index (χ4n) is 2.44. The van der Waals surface area contributed by atoms with Crippen molar-refractivity contribution in [1.82, 2.24) is 4.98 Å². The van der Waals surface area contributed by atoms with Crippen LogP contribution in [0, 0.1) is 0 Å². The molecule has 0 aliphatic carbocycles. The number of aromatic nitrogens is 1. The first-order valence-electron chi connectivity index (χ1n) is 7.81. The smallest absolute Gasteiger partial charge is 0.126 e. The van der Waals surface area contributed by atoms with E-state index in [0.717, 1.165) is 23.6 Å². The Labute approximate surface area is 134 Å². The number of nitrogens with zero attached hydrogens (tertiary/aromatic N) is 1. The van der Waals surface area contributed by atoms with Crippen molar-refractivity contribution in [2.75, 3.05) is 10.6 Å². The highest BCUT2D eigenvalue weighted by molar-refractivity contribution is 5.45. The molecule has 1 aromatic carbocycles. The Balaban J connectivity index is 2.07. The summed E-state index contributed by atoms with van der Waals surface area (Å²) < 4.78 is 0. The third-order valence-corrected chi connectivity index (χ3v) is 3.19. The second-order valence-corrected chi connectivity index (χ2v) is 7.44. The molecule has 2 N–H and O–H groups in total. The van der Waals surface area contributed by atoms with Crippen molar-refractivity contribution in [1.29, 1.82) is 0 Å². The van der Waals surface area contributed by atoms with Gasteiger partial charge in [-0.15, -0.1) is 0 Å². The summed E-state index contributed by atoms with van der Waals surface area (Å²) in [4.78, 5) is 4.73. The van der Waals surface area contributed by atoms with E-state index in [4.69, 9.17) is 4.98 Å². The average molecular weight is 297 g/mol. The Morgan fingerprint density at radius 1 is 0.818 bits per heavy atom. The van der Waals surface area contributed by atoms with Crippen molar-refractivity contribution in [2.45, 2.75) is 52.1 Å². The maximum absolute atomic E-state index is 4.73. The first-order valence-corrected chi connectivity index (χ1v) is 7.81. The predicted octanol–water partition coefficient (Wildman–Crippen LogP) is 4.73. The zero-order valence-corrected chi connectivity index (χ0v) is 14.3. The van der Waals surface area contributed by atoms with E-state index in [1.165, 1.54) is 0 Å². The van der Waals surface area contributed by atoms with Gasteiger partial charge in [-0.05, 0) is 58.9 Å². The molecule has 22 heavy (non-hydrogen) atoms. The quantitative estimate of drug-likeness (QED) is 0.838. The van der Waals surface area contributed by atoms with Crippen molar-refractivity contribution in [3.63, 3.8) is 0 Å². The second kappa shape index (κ2) is 6.39. The molecule has 0 aliphatic heterocycles. The number of para-hydroxylation sites is 1. The molecule has 3 nitrogen and oxygen atoms in total. The first-order chi connectivity index (χ1) is 10.2. The zero-order valence-electron chi connectivity index (χ0n) is 14.3. The molecule has 0 unspecified atom stereocenters. The standard InChI is InChI=1S/C19H27N3/c1-18(2,3)22-17-13-9-12-16(20-17)14-19(4,5)21-15-10-7-6-8-11-15/h6-13,21H,14H2,1-5H3,(H,20,22). The van der Waals surface area contributed by atoms with Gasteiger partial charge < -0.3 is 10.6 Å². The maximum atomic E-state index is 4.73. The SMILES string of the molecule is CC(C)(C)Nc1cccc(CC(C)(C)Nc2ccccc2)n1. The molecule has 2 aromatic rings. The van der Waals surface area contributed by atoms with Gasteiger partial charge in [-0.1, -0.05) is 24.3 Å². The molecule has 0 saturated carbocycles. The minimum atomic E-state index is -0.0608. The van der Waals surface area contributed by atoms with Crippen LogP contribution in [0.4, 0.5) is 11.5 Å². The van der Waals surface area contributed by atoms with Crippen molar-refractivity contribution < 1.29 is 0 Å². The zero-order chi connectivity index (χ0) is 16.2. The summed E-state index contributed by atoms with van der Waals surface area (Å²) in [5.41, 5.74) is 2.18. The van der Waals surface area contributed by atoms with Gasteiger partial charge >= 0.3 is 0 Å². The van der Waals surface area contributed by atoms with E-state index in [9.17, 15) is 0 Å². The van der Waals surface area contributed by atoms with Crippen LogP contribution in [-0.2, 0) is 6.42 Å². The van der Waals surface area contributed by atoms with Gasteiger partial charge in [0.05, 0.1) is 0 Å². The van der Waals surface area contributed by atoms with Crippen LogP contribution in [0.1, 0.15) is 40.3 Å². The Kier molecular flexibility index (Phi) is 4.74. The largest absolute Gasteiger partial charge is 0.380 e. The number of rotatable bonds is 5. The lowest BCUT2D eigenvalue weighted by molar-refractivity contribution is 0.555. The topological polar surface area (TPSA) is 37.0 Å². The summed E-state index contributed by atoms with van der Waals surface area (Å²) in [7, 11) is 0. The lowest BCUT2D eigenvalue weighted by atomic mass is 9.97. The Morgan fingerprint density at radius 2 is 1.50 bits per heavy atom. The molecule has 2 rings (SSSR count). The molecule has 0 fully saturated rings. The summed E-state index contributed by atoms with van der Waals surface area (Å²) >= 11 is 0. The highest BCUT2D eigenvalue weighted by Gasteiger charge is 2.19. The summed E-state index contributed by atoms with van der Waals surface area (Å²) in [6.45, 7) is 10.8. The molecule has 1 heterocycles. The first kappa shape index (κ1) is 16.3. The van der Waals surface area contributed by atoms with Crippen molar-refractivity contribution >= 4 is 11.5 Å². The average Bonchev–Trinajstić information content (AvgIpc) is 2.36. The fourth-order valence-corrected chi connectivity index (χ4v) is 2.44. The molecule has 0 bridgehead atoms. The van der Waals surface area contributed by atoms with Crippen LogP contribution in [0.15, 0.2) is 48.5 Å². The molecular formula is C19H27N3. The van der Waals surface area contributed by atoms with Gasteiger partial charge in [0, 0.05) is 28.9 Å². The van der Waals surface area contributed by atoms with E-state index in [0.29, 0.717) is 0 Å². The fraction of sp³-hybridized carbons (Fsp3) is 0.421. The van der Waals surface area contributed by atoms with Gasteiger partial charge in [0.1, 0.15) is 5.82 Å². The molecular weight excluding hydrogens is 270 g/mol. The summed E-state index contributed by atoms with van der Waals surface area (Å²) in [5.74, 6) is 0.931. The van der Waals surface area contributed by atoms with Crippen LogP contribution < -0.4 is 10.6 Å². The van der Waals surface area contributed by atoms with Gasteiger partial charge in [0.15, 0.2) is 0 Å². The number of hydrogen-bond donors (Lipinski definition) is 2. The highest BCUT2D eigenvalue weighted by Crippen LogP contribution is 2.20. The van der Waals surface area contributed by atoms with Crippen molar-refractivity contribution in [3.05, 3.63) is 54.2 Å². The molecule has 0 radical (unpaired) electrons. The molecule has 0 saturated heterocycles. The Morgan fingerprint density at radius 3 is 2.14 bits per heavy atom. The van der Waals surface area contributed by atoms with Crippen LogP contribution in [0.5, 0.6) is 0 Å². The number of benzene rings is 1. The van der Waals surface area contributed by atoms with Gasteiger partial charge in [-0.3, -0.25) is 0 Å². The van der Waals surface area contributed by atoms with Crippen LogP contribution in [0.3, 0.4) is 0 Å². The molecule has 118 valence electrons. The van der Waals surface area contributed by atoms with Crippen molar-refractivity contribution in [3.8, 4) is 0 Å². The minimum absolute atomic E-state index is 0.0173. The predicted molar refractivity (Wildman–Crippen MR) is 95.5 cm³/mol. The minimum Gasteiger partial charge on any atom is -0.380 e. The molecule has 3 heteroatoms. The number of nitrogens with one attached hydrogen (secondary N) is 2. The maximum Gasteiger partial charge on any atom is 0.126 e. The third-order valence-electron chi connectivity index (χ3n) is 3.19. The normalized spacial score (nSPS) is 12.0. The van der Waals surface area contributed by atoms with E-state index in [1.807, 2.05) is 24.3 Å². The van der Waals surface area contributed by atoms with Gasteiger partial charge in [0.25, 0.3) is 0 Å². The monoisotopic (exact) mass is 297 g/mol. The lowest BCUT2D eigenvalue weighted by Gasteiger charge is -2.28. The van der Waals surface area contributed by atoms with E-state index in [2.05, 4.69) is 69.5 Å². The number of hydrogen-bond acceptors (Lipinski definition) is 3. The van der Waals surface area contributed by atoms with Crippen LogP contribution >= 0.6 is 0 Å². The number of pyridine rings is 1. The molecule has 0 atom stereocenters. The van der Waals surface area contributed by atoms with Crippen LogP contribution in [0.2, 0.25) is 0 Å². The van der Waals surface area contributed by atoms with Crippen LogP contribution in [0.25, 0.3) is 0 Å². The van der Waals surface area contributed by atoms with Crippen LogP contribution in [-0.4, -0.2) is 16.1 Å². The van der Waals surface area contributed by atoms with Gasteiger partial charge in [0.2, 0.25) is 0 Å². The molecule has 0 spiro atoms.